The van der Waals surface area contributed by atoms with Crippen LogP contribution in [0.25, 0.3) is 0 Å². The molecule has 2 saturated carbocycles. The molecule has 0 spiro atoms. The minimum absolute atomic E-state index is 0.189. The molecule has 0 aromatic carbocycles. The Labute approximate surface area is 125 Å². The van der Waals surface area contributed by atoms with Gasteiger partial charge in [-0.3, -0.25) is 0 Å². The standard InChI is InChI=1S/C18H35NO/c1-15-5-11-18(14-20,12-6-15)13-19(4)16-7-9-17(2,3)10-8-16/h15-16,20H,5-14H2,1-4H3. The van der Waals surface area contributed by atoms with Crippen molar-refractivity contribution in [3.63, 3.8) is 0 Å². The van der Waals surface area contributed by atoms with Crippen LogP contribution in [0.3, 0.4) is 0 Å². The number of nitrogens with zero attached hydrogens (tertiary/aromatic N) is 1. The van der Waals surface area contributed by atoms with Gasteiger partial charge in [0.05, 0.1) is 0 Å². The fraction of sp³-hybridized carbons (Fsp3) is 1.00. The zero-order valence-corrected chi connectivity index (χ0v) is 14.1. The van der Waals surface area contributed by atoms with Crippen LogP contribution < -0.4 is 0 Å². The first kappa shape index (κ1) is 16.3. The zero-order chi connectivity index (χ0) is 14.8. The zero-order valence-electron chi connectivity index (χ0n) is 14.1. The molecule has 2 aliphatic rings. The highest BCUT2D eigenvalue weighted by Gasteiger charge is 2.37. The van der Waals surface area contributed by atoms with Crippen molar-refractivity contribution < 1.29 is 5.11 Å². The van der Waals surface area contributed by atoms with Crippen LogP contribution in [0.15, 0.2) is 0 Å². The van der Waals surface area contributed by atoms with E-state index in [9.17, 15) is 5.11 Å². The van der Waals surface area contributed by atoms with Gasteiger partial charge >= 0.3 is 0 Å². The van der Waals surface area contributed by atoms with Gasteiger partial charge in [0.25, 0.3) is 0 Å². The quantitative estimate of drug-likeness (QED) is 0.839. The average Bonchev–Trinajstić information content (AvgIpc) is 2.41. The third-order valence-electron chi connectivity index (χ3n) is 6.19. The summed E-state index contributed by atoms with van der Waals surface area (Å²) in [5.41, 5.74) is 0.737. The second-order valence-corrected chi connectivity index (χ2v) is 8.65. The van der Waals surface area contributed by atoms with Crippen molar-refractivity contribution in [2.24, 2.45) is 16.7 Å². The molecule has 2 heteroatoms. The molecule has 0 aliphatic heterocycles. The Balaban J connectivity index is 1.88. The van der Waals surface area contributed by atoms with Gasteiger partial charge in [0.15, 0.2) is 0 Å². The summed E-state index contributed by atoms with van der Waals surface area (Å²) in [4.78, 5) is 2.57. The monoisotopic (exact) mass is 281 g/mol. The maximum absolute atomic E-state index is 9.93. The fourth-order valence-electron chi connectivity index (χ4n) is 4.22. The molecule has 0 heterocycles. The van der Waals surface area contributed by atoms with Crippen molar-refractivity contribution in [2.75, 3.05) is 20.2 Å². The summed E-state index contributed by atoms with van der Waals surface area (Å²) in [6.45, 7) is 8.64. The predicted octanol–water partition coefficient (Wildman–Crippen LogP) is 4.08. The van der Waals surface area contributed by atoms with Crippen molar-refractivity contribution in [1.29, 1.82) is 0 Å². The molecule has 2 nitrogen and oxygen atoms in total. The maximum atomic E-state index is 9.93. The number of aliphatic hydroxyl groups is 1. The molecule has 2 aliphatic carbocycles. The lowest BCUT2D eigenvalue weighted by Gasteiger charge is -2.45. The molecule has 0 aromatic heterocycles. The van der Waals surface area contributed by atoms with E-state index < -0.39 is 0 Å². The molecule has 0 atom stereocenters. The Morgan fingerprint density at radius 3 is 2.05 bits per heavy atom. The van der Waals surface area contributed by atoms with Gasteiger partial charge in [-0.05, 0) is 56.9 Å². The van der Waals surface area contributed by atoms with Gasteiger partial charge in [0.2, 0.25) is 0 Å². The van der Waals surface area contributed by atoms with Crippen molar-refractivity contribution >= 4 is 0 Å². The Bertz CT molecular complexity index is 295. The average molecular weight is 281 g/mol. The van der Waals surface area contributed by atoms with E-state index in [-0.39, 0.29) is 5.41 Å². The Morgan fingerprint density at radius 2 is 1.55 bits per heavy atom. The highest BCUT2D eigenvalue weighted by molar-refractivity contribution is 4.90. The Morgan fingerprint density at radius 1 is 1.00 bits per heavy atom. The maximum Gasteiger partial charge on any atom is 0.0499 e. The number of hydrogen-bond acceptors (Lipinski definition) is 2. The molecule has 0 amide bonds. The van der Waals surface area contributed by atoms with Gasteiger partial charge < -0.3 is 10.0 Å². The number of rotatable bonds is 4. The summed E-state index contributed by atoms with van der Waals surface area (Å²) in [5.74, 6) is 0.857. The molecule has 0 saturated heterocycles. The van der Waals surface area contributed by atoms with E-state index in [0.29, 0.717) is 12.0 Å². The number of hydrogen-bond donors (Lipinski definition) is 1. The minimum atomic E-state index is 0.189. The van der Waals surface area contributed by atoms with Gasteiger partial charge in [-0.15, -0.1) is 0 Å². The van der Waals surface area contributed by atoms with Crippen molar-refractivity contribution in [3.8, 4) is 0 Å². The predicted molar refractivity (Wildman–Crippen MR) is 85.8 cm³/mol. The molecule has 2 rings (SSSR count). The Hall–Kier alpha value is -0.0800. The molecule has 0 unspecified atom stereocenters. The van der Waals surface area contributed by atoms with Crippen LogP contribution in [0.1, 0.15) is 72.1 Å². The van der Waals surface area contributed by atoms with Crippen LogP contribution in [0.4, 0.5) is 0 Å². The highest BCUT2D eigenvalue weighted by atomic mass is 16.3. The third-order valence-corrected chi connectivity index (χ3v) is 6.19. The van der Waals surface area contributed by atoms with E-state index in [0.717, 1.165) is 18.5 Å². The summed E-state index contributed by atoms with van der Waals surface area (Å²) in [5, 5.41) is 9.93. The van der Waals surface area contributed by atoms with Crippen molar-refractivity contribution in [2.45, 2.75) is 78.2 Å². The summed E-state index contributed by atoms with van der Waals surface area (Å²) in [7, 11) is 2.29. The van der Waals surface area contributed by atoms with E-state index in [1.807, 2.05) is 0 Å². The molecular weight excluding hydrogens is 246 g/mol. The summed E-state index contributed by atoms with van der Waals surface area (Å²) < 4.78 is 0. The number of aliphatic hydroxyl groups excluding tert-OH is 1. The van der Waals surface area contributed by atoms with Crippen LogP contribution >= 0.6 is 0 Å². The SMILES string of the molecule is CC1CCC(CO)(CN(C)C2CCC(C)(C)CC2)CC1. The summed E-state index contributed by atoms with van der Waals surface area (Å²) >= 11 is 0. The van der Waals surface area contributed by atoms with E-state index in [1.54, 1.807) is 0 Å². The first-order valence-corrected chi connectivity index (χ1v) is 8.67. The molecule has 0 radical (unpaired) electrons. The van der Waals surface area contributed by atoms with Crippen molar-refractivity contribution in [3.05, 3.63) is 0 Å². The highest BCUT2D eigenvalue weighted by Crippen LogP contribution is 2.41. The lowest BCUT2D eigenvalue weighted by molar-refractivity contribution is 0.0132. The van der Waals surface area contributed by atoms with E-state index in [1.165, 1.54) is 51.4 Å². The van der Waals surface area contributed by atoms with Crippen LogP contribution in [-0.4, -0.2) is 36.2 Å². The molecule has 118 valence electrons. The van der Waals surface area contributed by atoms with Crippen LogP contribution in [0.5, 0.6) is 0 Å². The van der Waals surface area contributed by atoms with Gasteiger partial charge in [-0.2, -0.15) is 0 Å². The molecular formula is C18H35NO. The van der Waals surface area contributed by atoms with E-state index >= 15 is 0 Å². The lowest BCUT2D eigenvalue weighted by Crippen LogP contribution is -2.46. The first-order chi connectivity index (χ1) is 9.36. The molecule has 1 N–H and O–H groups in total. The molecule has 2 fully saturated rings. The largest absolute Gasteiger partial charge is 0.396 e. The van der Waals surface area contributed by atoms with E-state index in [4.69, 9.17) is 0 Å². The minimum Gasteiger partial charge on any atom is -0.396 e. The molecule has 20 heavy (non-hydrogen) atoms. The smallest absolute Gasteiger partial charge is 0.0499 e. The molecule has 0 aromatic rings. The van der Waals surface area contributed by atoms with Gasteiger partial charge in [0, 0.05) is 24.6 Å². The lowest BCUT2D eigenvalue weighted by atomic mass is 9.70. The second-order valence-electron chi connectivity index (χ2n) is 8.65. The topological polar surface area (TPSA) is 23.5 Å². The normalized spacial score (nSPS) is 35.4. The first-order valence-electron chi connectivity index (χ1n) is 8.67. The summed E-state index contributed by atoms with van der Waals surface area (Å²) in [6.07, 6.45) is 10.4. The van der Waals surface area contributed by atoms with Crippen molar-refractivity contribution in [1.82, 2.24) is 4.90 Å². The third kappa shape index (κ3) is 3.98. The Kier molecular flexibility index (Phi) is 5.18. The van der Waals surface area contributed by atoms with Gasteiger partial charge in [-0.25, -0.2) is 0 Å². The van der Waals surface area contributed by atoms with Gasteiger partial charge in [-0.1, -0.05) is 33.6 Å². The van der Waals surface area contributed by atoms with Crippen LogP contribution in [-0.2, 0) is 0 Å². The molecule has 0 bridgehead atoms. The second kappa shape index (κ2) is 6.36. The summed E-state index contributed by atoms with van der Waals surface area (Å²) in [6, 6.07) is 0.741. The fourth-order valence-corrected chi connectivity index (χ4v) is 4.22. The van der Waals surface area contributed by atoms with Crippen LogP contribution in [0, 0.1) is 16.7 Å². The van der Waals surface area contributed by atoms with Gasteiger partial charge in [0.1, 0.15) is 0 Å². The van der Waals surface area contributed by atoms with Crippen LogP contribution in [0.2, 0.25) is 0 Å². The van der Waals surface area contributed by atoms with E-state index in [2.05, 4.69) is 32.7 Å².